The molecule has 0 spiro atoms. The molecule has 1 aliphatic carbocycles. The van der Waals surface area contributed by atoms with Gasteiger partial charge in [0, 0.05) is 16.6 Å². The summed E-state index contributed by atoms with van der Waals surface area (Å²) in [6, 6.07) is 11.9. The Morgan fingerprint density at radius 2 is 1.82 bits per heavy atom. The maximum absolute atomic E-state index is 13.7. The SMILES string of the molecule is CCC(C(=O)Nc1cc(C)cc(C)c1)n1cnc2scc(-c3ccc4c(c3)CCCC4)c2c1=O. The lowest BCUT2D eigenvalue weighted by Crippen LogP contribution is -2.33. The Morgan fingerprint density at radius 3 is 2.56 bits per heavy atom. The zero-order valence-corrected chi connectivity index (χ0v) is 20.7. The molecular formula is C28H29N3O2S. The number of fused-ring (bicyclic) bond motifs is 2. The molecule has 0 fully saturated rings. The van der Waals surface area contributed by atoms with Crippen LogP contribution in [-0.2, 0) is 17.6 Å². The summed E-state index contributed by atoms with van der Waals surface area (Å²) in [5.41, 5.74) is 7.50. The van der Waals surface area contributed by atoms with Gasteiger partial charge in [0.15, 0.2) is 0 Å². The predicted octanol–water partition coefficient (Wildman–Crippen LogP) is 6.21. The molecule has 0 saturated carbocycles. The average Bonchev–Trinajstić information content (AvgIpc) is 3.25. The molecule has 2 aromatic heterocycles. The number of carbonyl (C=O) groups is 1. The summed E-state index contributed by atoms with van der Waals surface area (Å²) in [7, 11) is 0. The van der Waals surface area contributed by atoms with Gasteiger partial charge in [-0.05, 0) is 85.9 Å². The molecule has 5 nitrogen and oxygen atoms in total. The summed E-state index contributed by atoms with van der Waals surface area (Å²) < 4.78 is 1.49. The zero-order valence-electron chi connectivity index (χ0n) is 19.9. The Morgan fingerprint density at radius 1 is 1.09 bits per heavy atom. The van der Waals surface area contributed by atoms with E-state index in [9.17, 15) is 9.59 Å². The van der Waals surface area contributed by atoms with E-state index in [4.69, 9.17) is 0 Å². The zero-order chi connectivity index (χ0) is 23.8. The highest BCUT2D eigenvalue weighted by Crippen LogP contribution is 2.34. The van der Waals surface area contributed by atoms with Crippen molar-refractivity contribution in [2.45, 2.75) is 58.9 Å². The quantitative estimate of drug-likeness (QED) is 0.376. The van der Waals surface area contributed by atoms with Gasteiger partial charge < -0.3 is 5.32 Å². The van der Waals surface area contributed by atoms with E-state index in [-0.39, 0.29) is 11.5 Å². The topological polar surface area (TPSA) is 64.0 Å². The molecule has 6 heteroatoms. The van der Waals surface area contributed by atoms with Crippen molar-refractivity contribution in [3.05, 3.63) is 80.7 Å². The molecule has 2 heterocycles. The highest BCUT2D eigenvalue weighted by Gasteiger charge is 2.23. The Hall–Kier alpha value is -3.25. The molecule has 2 aromatic carbocycles. The predicted molar refractivity (Wildman–Crippen MR) is 140 cm³/mol. The van der Waals surface area contributed by atoms with Gasteiger partial charge in [0.25, 0.3) is 5.56 Å². The number of anilines is 1. The fraction of sp³-hybridized carbons (Fsp3) is 0.321. The van der Waals surface area contributed by atoms with Crippen LogP contribution in [0.15, 0.2) is 52.9 Å². The molecular weight excluding hydrogens is 442 g/mol. The second-order valence-electron chi connectivity index (χ2n) is 9.27. The molecule has 174 valence electrons. The van der Waals surface area contributed by atoms with Crippen LogP contribution in [0.2, 0.25) is 0 Å². The Labute approximate surface area is 203 Å². The fourth-order valence-electron chi connectivity index (χ4n) is 5.06. The van der Waals surface area contributed by atoms with E-state index >= 15 is 0 Å². The first-order valence-corrected chi connectivity index (χ1v) is 12.8. The van der Waals surface area contributed by atoms with Crippen molar-refractivity contribution in [2.24, 2.45) is 0 Å². The van der Waals surface area contributed by atoms with Gasteiger partial charge in [-0.25, -0.2) is 4.98 Å². The molecule has 0 aliphatic heterocycles. The van der Waals surface area contributed by atoms with Crippen LogP contribution in [0.1, 0.15) is 54.5 Å². The van der Waals surface area contributed by atoms with E-state index in [1.165, 1.54) is 46.2 Å². The molecule has 34 heavy (non-hydrogen) atoms. The van der Waals surface area contributed by atoms with Gasteiger partial charge in [0.05, 0.1) is 11.7 Å². The molecule has 0 saturated heterocycles. The second-order valence-corrected chi connectivity index (χ2v) is 10.1. The van der Waals surface area contributed by atoms with Gasteiger partial charge >= 0.3 is 0 Å². The molecule has 1 N–H and O–H groups in total. The molecule has 1 amide bonds. The van der Waals surface area contributed by atoms with E-state index in [0.29, 0.717) is 16.6 Å². The van der Waals surface area contributed by atoms with Crippen molar-refractivity contribution in [3.63, 3.8) is 0 Å². The Kier molecular flexibility index (Phi) is 6.09. The lowest BCUT2D eigenvalue weighted by Gasteiger charge is -2.18. The third-order valence-corrected chi connectivity index (χ3v) is 7.58. The van der Waals surface area contributed by atoms with Gasteiger partial charge in [-0.1, -0.05) is 31.2 Å². The van der Waals surface area contributed by atoms with Crippen LogP contribution in [0.3, 0.4) is 0 Å². The van der Waals surface area contributed by atoms with E-state index in [1.54, 1.807) is 0 Å². The molecule has 1 aliphatic rings. The van der Waals surface area contributed by atoms with Crippen LogP contribution < -0.4 is 10.9 Å². The maximum Gasteiger partial charge on any atom is 0.263 e. The number of nitrogens with zero attached hydrogens (tertiary/aromatic N) is 2. The maximum atomic E-state index is 13.7. The van der Waals surface area contributed by atoms with Crippen LogP contribution in [-0.4, -0.2) is 15.5 Å². The first-order valence-electron chi connectivity index (χ1n) is 11.9. The largest absolute Gasteiger partial charge is 0.324 e. The minimum Gasteiger partial charge on any atom is -0.324 e. The smallest absolute Gasteiger partial charge is 0.263 e. The first kappa shape index (κ1) is 22.5. The number of nitrogens with one attached hydrogen (secondary N) is 1. The van der Waals surface area contributed by atoms with Gasteiger partial charge in [0.1, 0.15) is 10.9 Å². The van der Waals surface area contributed by atoms with E-state index in [1.807, 2.05) is 38.3 Å². The van der Waals surface area contributed by atoms with Crippen LogP contribution in [0.4, 0.5) is 5.69 Å². The van der Waals surface area contributed by atoms with E-state index in [0.717, 1.165) is 40.8 Å². The molecule has 1 unspecified atom stereocenters. The minimum absolute atomic E-state index is 0.165. The molecule has 0 radical (unpaired) electrons. The highest BCUT2D eigenvalue weighted by atomic mass is 32.1. The van der Waals surface area contributed by atoms with Gasteiger partial charge in [-0.2, -0.15) is 0 Å². The first-order chi connectivity index (χ1) is 16.4. The van der Waals surface area contributed by atoms with Crippen molar-refractivity contribution in [1.29, 1.82) is 0 Å². The fourth-order valence-corrected chi connectivity index (χ4v) is 5.97. The van der Waals surface area contributed by atoms with Crippen molar-refractivity contribution >= 4 is 33.1 Å². The number of hydrogen-bond donors (Lipinski definition) is 1. The summed E-state index contributed by atoms with van der Waals surface area (Å²) in [6.07, 6.45) is 6.68. The lowest BCUT2D eigenvalue weighted by atomic mass is 9.89. The van der Waals surface area contributed by atoms with E-state index < -0.39 is 6.04 Å². The number of carbonyl (C=O) groups excluding carboxylic acids is 1. The van der Waals surface area contributed by atoms with Crippen molar-refractivity contribution < 1.29 is 4.79 Å². The van der Waals surface area contributed by atoms with Gasteiger partial charge in [-0.3, -0.25) is 14.2 Å². The summed E-state index contributed by atoms with van der Waals surface area (Å²) in [4.78, 5) is 32.2. The summed E-state index contributed by atoms with van der Waals surface area (Å²) in [5.74, 6) is -0.207. The molecule has 5 rings (SSSR count). The summed E-state index contributed by atoms with van der Waals surface area (Å²) in [5, 5.41) is 5.62. The second kappa shape index (κ2) is 9.18. The monoisotopic (exact) mass is 471 g/mol. The summed E-state index contributed by atoms with van der Waals surface area (Å²) in [6.45, 7) is 5.92. The van der Waals surface area contributed by atoms with Crippen molar-refractivity contribution in [1.82, 2.24) is 9.55 Å². The molecule has 0 bridgehead atoms. The van der Waals surface area contributed by atoms with Crippen LogP contribution in [0.25, 0.3) is 21.3 Å². The van der Waals surface area contributed by atoms with Crippen LogP contribution >= 0.6 is 11.3 Å². The van der Waals surface area contributed by atoms with Crippen LogP contribution in [0.5, 0.6) is 0 Å². The third kappa shape index (κ3) is 4.18. The van der Waals surface area contributed by atoms with E-state index in [2.05, 4.69) is 34.6 Å². The standard InChI is InChI=1S/C28H29N3O2S/c1-4-24(26(32)30-22-12-17(2)11-18(3)13-22)31-16-29-27-25(28(31)33)23(15-34-27)21-10-9-19-7-5-6-8-20(19)14-21/h9-16,24H,4-8H2,1-3H3,(H,30,32). The third-order valence-electron chi connectivity index (χ3n) is 6.69. The molecule has 1 atom stereocenters. The number of aryl methyl sites for hydroxylation is 4. The van der Waals surface area contributed by atoms with Crippen molar-refractivity contribution in [3.8, 4) is 11.1 Å². The number of aromatic nitrogens is 2. The summed E-state index contributed by atoms with van der Waals surface area (Å²) >= 11 is 1.48. The number of amides is 1. The minimum atomic E-state index is -0.637. The highest BCUT2D eigenvalue weighted by molar-refractivity contribution is 7.17. The Balaban J connectivity index is 1.53. The number of thiophene rings is 1. The average molecular weight is 472 g/mol. The van der Waals surface area contributed by atoms with Crippen molar-refractivity contribution in [2.75, 3.05) is 5.32 Å². The molecule has 4 aromatic rings. The Bertz CT molecular complexity index is 1430. The number of benzene rings is 2. The van der Waals surface area contributed by atoms with Gasteiger partial charge in [-0.15, -0.1) is 11.3 Å². The normalized spacial score (nSPS) is 14.1. The number of hydrogen-bond acceptors (Lipinski definition) is 4. The lowest BCUT2D eigenvalue weighted by molar-refractivity contribution is -0.119. The van der Waals surface area contributed by atoms with Gasteiger partial charge in [0.2, 0.25) is 5.91 Å². The van der Waals surface area contributed by atoms with Crippen LogP contribution in [0, 0.1) is 13.8 Å². The number of rotatable bonds is 5.